The van der Waals surface area contributed by atoms with E-state index in [4.69, 9.17) is 4.52 Å². The van der Waals surface area contributed by atoms with Crippen LogP contribution in [0.3, 0.4) is 0 Å². The number of hydroxylamine groups is 2. The lowest BCUT2D eigenvalue weighted by molar-refractivity contribution is -0.177. The molecule has 2 aromatic rings. The van der Waals surface area contributed by atoms with Crippen LogP contribution >= 0.6 is 7.37 Å². The molecule has 1 aliphatic rings. The first-order chi connectivity index (χ1) is 12.0. The van der Waals surface area contributed by atoms with Crippen molar-refractivity contribution in [2.24, 2.45) is 5.92 Å². The zero-order valence-electron chi connectivity index (χ0n) is 15.0. The Labute approximate surface area is 149 Å². The molecular formula is C20H25NO3P. The maximum Gasteiger partial charge on any atom is 0.297 e. The molecule has 1 radical (unpaired) electrons. The maximum absolute atomic E-state index is 14.1. The summed E-state index contributed by atoms with van der Waals surface area (Å²) in [5.74, 6) is -0.175. The standard InChI is InChI=1S/C20H25NO3P/c1-4-5-14-21(22)20(15(2)3)25(23)19-13-9-7-11-17(19)16-10-6-8-12-18(16)24-25/h6-13,15,20H,4-5,14H2,1-3H3. The summed E-state index contributed by atoms with van der Waals surface area (Å²) in [6, 6.07) is 15.2. The van der Waals surface area contributed by atoms with Gasteiger partial charge in [0.1, 0.15) is 11.5 Å². The van der Waals surface area contributed by atoms with Crippen LogP contribution in [0.1, 0.15) is 33.6 Å². The van der Waals surface area contributed by atoms with Crippen LogP contribution in [0.4, 0.5) is 0 Å². The molecule has 1 heterocycles. The minimum atomic E-state index is -3.38. The van der Waals surface area contributed by atoms with Gasteiger partial charge in [-0.2, -0.15) is 0 Å². The molecule has 1 aliphatic heterocycles. The number of para-hydroxylation sites is 1. The summed E-state index contributed by atoms with van der Waals surface area (Å²) in [6.07, 6.45) is 1.71. The zero-order valence-corrected chi connectivity index (χ0v) is 15.9. The van der Waals surface area contributed by atoms with E-state index in [-0.39, 0.29) is 5.92 Å². The average molecular weight is 358 g/mol. The van der Waals surface area contributed by atoms with Crippen LogP contribution in [0.5, 0.6) is 5.75 Å². The van der Waals surface area contributed by atoms with Crippen molar-refractivity contribution in [2.75, 3.05) is 6.54 Å². The van der Waals surface area contributed by atoms with E-state index in [9.17, 15) is 9.77 Å². The highest BCUT2D eigenvalue weighted by molar-refractivity contribution is 7.68. The van der Waals surface area contributed by atoms with Crippen LogP contribution in [-0.2, 0) is 9.77 Å². The van der Waals surface area contributed by atoms with E-state index in [1.165, 1.54) is 0 Å². The number of hydrogen-bond donors (Lipinski definition) is 0. The number of benzene rings is 2. The zero-order chi connectivity index (χ0) is 18.0. The quantitative estimate of drug-likeness (QED) is 0.534. The maximum atomic E-state index is 14.1. The molecular weight excluding hydrogens is 333 g/mol. The third-order valence-corrected chi connectivity index (χ3v) is 7.70. The number of nitrogens with zero attached hydrogens (tertiary/aromatic N) is 1. The number of hydrogen-bond acceptors (Lipinski definition) is 3. The van der Waals surface area contributed by atoms with Crippen LogP contribution < -0.4 is 9.83 Å². The van der Waals surface area contributed by atoms with Gasteiger partial charge in [0, 0.05) is 12.1 Å². The molecule has 0 aromatic heterocycles. The van der Waals surface area contributed by atoms with E-state index < -0.39 is 13.2 Å². The Morgan fingerprint density at radius 1 is 1.04 bits per heavy atom. The molecule has 0 N–H and O–H groups in total. The summed E-state index contributed by atoms with van der Waals surface area (Å²) in [7, 11) is -3.38. The molecule has 0 saturated heterocycles. The Bertz CT molecular complexity index is 790. The van der Waals surface area contributed by atoms with E-state index in [0.29, 0.717) is 17.6 Å². The second kappa shape index (κ2) is 7.33. The van der Waals surface area contributed by atoms with Gasteiger partial charge in [-0.05, 0) is 30.0 Å². The average Bonchev–Trinajstić information content (AvgIpc) is 2.60. The molecule has 0 aliphatic carbocycles. The Kier molecular flexibility index (Phi) is 5.33. The molecule has 4 nitrogen and oxygen atoms in total. The van der Waals surface area contributed by atoms with Crippen molar-refractivity contribution in [2.45, 2.75) is 39.4 Å². The van der Waals surface area contributed by atoms with Crippen LogP contribution in [0.25, 0.3) is 11.1 Å². The van der Waals surface area contributed by atoms with Gasteiger partial charge in [0.25, 0.3) is 7.37 Å². The summed E-state index contributed by atoms with van der Waals surface area (Å²) in [5.41, 5.74) is 1.83. The largest absolute Gasteiger partial charge is 0.438 e. The predicted molar refractivity (Wildman–Crippen MR) is 101 cm³/mol. The molecule has 3 rings (SSSR count). The van der Waals surface area contributed by atoms with E-state index in [2.05, 4.69) is 0 Å². The van der Waals surface area contributed by atoms with Gasteiger partial charge in [0.2, 0.25) is 0 Å². The molecule has 25 heavy (non-hydrogen) atoms. The van der Waals surface area contributed by atoms with E-state index >= 15 is 0 Å². The molecule has 0 saturated carbocycles. The van der Waals surface area contributed by atoms with Gasteiger partial charge in [-0.1, -0.05) is 63.6 Å². The molecule has 0 spiro atoms. The molecule has 0 fully saturated rings. The summed E-state index contributed by atoms with van der Waals surface area (Å²) in [4.78, 5) is 0. The molecule has 133 valence electrons. The van der Waals surface area contributed by atoms with Crippen molar-refractivity contribution in [1.29, 1.82) is 0 Å². The molecule has 2 unspecified atom stereocenters. The van der Waals surface area contributed by atoms with Crippen molar-refractivity contribution in [3.8, 4) is 16.9 Å². The Morgan fingerprint density at radius 2 is 1.68 bits per heavy atom. The summed E-state index contributed by atoms with van der Waals surface area (Å²) < 4.78 is 20.2. The van der Waals surface area contributed by atoms with E-state index in [0.717, 1.165) is 29.0 Å². The lowest BCUT2D eigenvalue weighted by Gasteiger charge is -2.37. The predicted octanol–water partition coefficient (Wildman–Crippen LogP) is 5.08. The van der Waals surface area contributed by atoms with Gasteiger partial charge < -0.3 is 4.52 Å². The van der Waals surface area contributed by atoms with Gasteiger partial charge in [-0.25, -0.2) is 0 Å². The molecule has 0 amide bonds. The van der Waals surface area contributed by atoms with Crippen LogP contribution in [0, 0.1) is 5.92 Å². The molecule has 2 atom stereocenters. The highest BCUT2D eigenvalue weighted by atomic mass is 31.2. The van der Waals surface area contributed by atoms with Crippen LogP contribution in [-0.4, -0.2) is 17.4 Å². The SMILES string of the molecule is CCCCN([O])C(C(C)C)P1(=O)Oc2ccccc2-c2ccccc21. The third kappa shape index (κ3) is 3.27. The molecule has 5 heteroatoms. The third-order valence-electron chi connectivity index (χ3n) is 4.62. The highest BCUT2D eigenvalue weighted by Gasteiger charge is 2.47. The van der Waals surface area contributed by atoms with Crippen molar-refractivity contribution < 1.29 is 14.3 Å². The van der Waals surface area contributed by atoms with Crippen molar-refractivity contribution >= 4 is 12.7 Å². The number of unbranched alkanes of at least 4 members (excludes halogenated alkanes) is 1. The smallest absolute Gasteiger partial charge is 0.297 e. The Morgan fingerprint density at radius 3 is 2.36 bits per heavy atom. The molecule has 0 bridgehead atoms. The second-order valence-corrected chi connectivity index (χ2v) is 9.24. The minimum Gasteiger partial charge on any atom is -0.438 e. The summed E-state index contributed by atoms with van der Waals surface area (Å²) in [5, 5.41) is 14.5. The monoisotopic (exact) mass is 358 g/mol. The van der Waals surface area contributed by atoms with Gasteiger partial charge in [-0.15, -0.1) is 10.3 Å². The fraction of sp³-hybridized carbons (Fsp3) is 0.400. The van der Waals surface area contributed by atoms with Gasteiger partial charge in [0.05, 0.1) is 5.30 Å². The normalized spacial score (nSPS) is 20.1. The first kappa shape index (κ1) is 18.2. The first-order valence-electron chi connectivity index (χ1n) is 8.91. The van der Waals surface area contributed by atoms with Crippen LogP contribution in [0.15, 0.2) is 48.5 Å². The van der Waals surface area contributed by atoms with E-state index in [1.807, 2.05) is 69.3 Å². The van der Waals surface area contributed by atoms with Crippen molar-refractivity contribution in [3.63, 3.8) is 0 Å². The van der Waals surface area contributed by atoms with Gasteiger partial charge >= 0.3 is 0 Å². The Balaban J connectivity index is 2.12. The minimum absolute atomic E-state index is 0.0847. The highest BCUT2D eigenvalue weighted by Crippen LogP contribution is 2.59. The number of rotatable bonds is 6. The lowest BCUT2D eigenvalue weighted by Crippen LogP contribution is -2.41. The molecule has 2 aromatic carbocycles. The lowest BCUT2D eigenvalue weighted by atomic mass is 10.0. The fourth-order valence-corrected chi connectivity index (χ4v) is 6.48. The summed E-state index contributed by atoms with van der Waals surface area (Å²) in [6.45, 7) is 6.29. The van der Waals surface area contributed by atoms with Gasteiger partial charge in [0.15, 0.2) is 0 Å². The second-order valence-electron chi connectivity index (χ2n) is 6.85. The van der Waals surface area contributed by atoms with Crippen LogP contribution in [0.2, 0.25) is 0 Å². The van der Waals surface area contributed by atoms with Crippen molar-refractivity contribution in [3.05, 3.63) is 48.5 Å². The Hall–Kier alpha value is -1.61. The van der Waals surface area contributed by atoms with E-state index in [1.54, 1.807) is 0 Å². The first-order valence-corrected chi connectivity index (χ1v) is 10.6. The van der Waals surface area contributed by atoms with Gasteiger partial charge in [-0.3, -0.25) is 4.57 Å². The topological polar surface area (TPSA) is 49.4 Å². The van der Waals surface area contributed by atoms with Crippen molar-refractivity contribution in [1.82, 2.24) is 5.06 Å². The summed E-state index contributed by atoms with van der Waals surface area (Å²) >= 11 is 0. The number of fused-ring (bicyclic) bond motifs is 3. The fourth-order valence-electron chi connectivity index (χ4n) is 3.47.